The molecule has 0 heterocycles. The van der Waals surface area contributed by atoms with Crippen molar-refractivity contribution < 1.29 is 0 Å². The molecule has 0 aromatic heterocycles. The lowest BCUT2D eigenvalue weighted by Gasteiger charge is -2.14. The third-order valence-electron chi connectivity index (χ3n) is 4.25. The Balaban J connectivity index is 2.14. The number of aryl methyl sites for hydroxylation is 1. The van der Waals surface area contributed by atoms with Crippen molar-refractivity contribution >= 4 is 5.69 Å². The highest BCUT2D eigenvalue weighted by Crippen LogP contribution is 2.24. The van der Waals surface area contributed by atoms with Crippen molar-refractivity contribution in [2.45, 2.75) is 58.8 Å². The summed E-state index contributed by atoms with van der Waals surface area (Å²) in [5.74, 6) is 0.574. The first-order valence-corrected chi connectivity index (χ1v) is 8.50. The fraction of sp³-hybridized carbons (Fsp3) is 0.429. The molecule has 0 saturated heterocycles. The summed E-state index contributed by atoms with van der Waals surface area (Å²) in [5, 5.41) is 3.56. The first-order chi connectivity index (χ1) is 10.6. The molecule has 0 aliphatic heterocycles. The van der Waals surface area contributed by atoms with Crippen LogP contribution in [0.1, 0.15) is 63.0 Å². The summed E-state index contributed by atoms with van der Waals surface area (Å²) in [6, 6.07) is 6.67. The molecule has 1 N–H and O–H groups in total. The Hall–Kier alpha value is -1.76. The van der Waals surface area contributed by atoms with Crippen molar-refractivity contribution in [3.8, 4) is 0 Å². The molecule has 0 saturated carbocycles. The molecule has 0 fully saturated rings. The second-order valence-corrected chi connectivity index (χ2v) is 6.60. The van der Waals surface area contributed by atoms with E-state index in [4.69, 9.17) is 0 Å². The van der Waals surface area contributed by atoms with Crippen LogP contribution in [0.5, 0.6) is 0 Å². The highest BCUT2D eigenvalue weighted by atomic mass is 14.9. The van der Waals surface area contributed by atoms with E-state index in [1.807, 2.05) is 0 Å². The largest absolute Gasteiger partial charge is 0.356 e. The number of anilines is 1. The molecular weight excluding hydrogens is 266 g/mol. The van der Waals surface area contributed by atoms with Crippen LogP contribution in [0.3, 0.4) is 0 Å². The number of hydrogen-bond donors (Lipinski definition) is 1. The van der Waals surface area contributed by atoms with Crippen molar-refractivity contribution in [2.75, 3.05) is 5.32 Å². The molecule has 0 spiro atoms. The number of nitrogens with one attached hydrogen (secondary N) is 1. The lowest BCUT2D eigenvalue weighted by molar-refractivity contribution is 0.687. The Kier molecular flexibility index (Phi) is 6.06. The molecule has 0 unspecified atom stereocenters. The molecule has 0 bridgehead atoms. The predicted molar refractivity (Wildman–Crippen MR) is 98.3 cm³/mol. The fourth-order valence-electron chi connectivity index (χ4n) is 2.95. The third-order valence-corrected chi connectivity index (χ3v) is 4.25. The van der Waals surface area contributed by atoms with Crippen LogP contribution in [0, 0.1) is 6.92 Å². The molecule has 1 aliphatic carbocycles. The van der Waals surface area contributed by atoms with E-state index in [2.05, 4.69) is 69.1 Å². The molecule has 0 atom stereocenters. The highest BCUT2D eigenvalue weighted by Gasteiger charge is 2.05. The summed E-state index contributed by atoms with van der Waals surface area (Å²) in [4.78, 5) is 0. The average molecular weight is 295 g/mol. The van der Waals surface area contributed by atoms with Crippen LogP contribution in [0.25, 0.3) is 0 Å². The lowest BCUT2D eigenvalue weighted by atomic mass is 9.97. The maximum atomic E-state index is 4.13. The SMILES string of the molecule is C=C1/C=C\C(Nc2ccc(C(C)C)c(C)c2)=C/CCCCC1. The van der Waals surface area contributed by atoms with Crippen molar-refractivity contribution in [1.29, 1.82) is 0 Å². The fourth-order valence-corrected chi connectivity index (χ4v) is 2.95. The molecular formula is C21H29N. The Morgan fingerprint density at radius 2 is 1.91 bits per heavy atom. The molecule has 0 amide bonds. The topological polar surface area (TPSA) is 12.0 Å². The Bertz CT molecular complexity index is 576. The van der Waals surface area contributed by atoms with Crippen molar-refractivity contribution in [3.05, 3.63) is 65.4 Å². The van der Waals surface area contributed by atoms with Gasteiger partial charge in [-0.3, -0.25) is 0 Å². The summed E-state index contributed by atoms with van der Waals surface area (Å²) < 4.78 is 0. The van der Waals surface area contributed by atoms with E-state index >= 15 is 0 Å². The van der Waals surface area contributed by atoms with Gasteiger partial charge in [-0.2, -0.15) is 0 Å². The van der Waals surface area contributed by atoms with Gasteiger partial charge in [-0.05, 0) is 67.9 Å². The number of allylic oxidation sites excluding steroid dienone is 4. The second-order valence-electron chi connectivity index (χ2n) is 6.60. The summed E-state index contributed by atoms with van der Waals surface area (Å²) in [5.41, 5.74) is 6.35. The highest BCUT2D eigenvalue weighted by molar-refractivity contribution is 5.54. The van der Waals surface area contributed by atoms with Gasteiger partial charge in [0.25, 0.3) is 0 Å². The molecule has 1 nitrogen and oxygen atoms in total. The van der Waals surface area contributed by atoms with Gasteiger partial charge < -0.3 is 5.32 Å². The molecule has 22 heavy (non-hydrogen) atoms. The van der Waals surface area contributed by atoms with Crippen LogP contribution in [-0.4, -0.2) is 0 Å². The zero-order valence-corrected chi connectivity index (χ0v) is 14.3. The van der Waals surface area contributed by atoms with Gasteiger partial charge in [-0.15, -0.1) is 0 Å². The van der Waals surface area contributed by atoms with E-state index in [0.717, 1.165) is 12.8 Å². The summed E-state index contributed by atoms with van der Waals surface area (Å²) in [6.07, 6.45) is 12.7. The molecule has 0 radical (unpaired) electrons. The van der Waals surface area contributed by atoms with E-state index in [1.165, 1.54) is 47.3 Å². The van der Waals surface area contributed by atoms with Crippen LogP contribution in [0.15, 0.2) is 54.3 Å². The molecule has 1 aliphatic rings. The van der Waals surface area contributed by atoms with Gasteiger partial charge >= 0.3 is 0 Å². The molecule has 1 aromatic carbocycles. The lowest BCUT2D eigenvalue weighted by Crippen LogP contribution is -2.00. The maximum Gasteiger partial charge on any atom is 0.0386 e. The van der Waals surface area contributed by atoms with Crippen molar-refractivity contribution in [2.24, 2.45) is 0 Å². The van der Waals surface area contributed by atoms with Gasteiger partial charge in [0, 0.05) is 11.4 Å². The minimum absolute atomic E-state index is 0.574. The van der Waals surface area contributed by atoms with Crippen LogP contribution in [0.2, 0.25) is 0 Å². The zero-order chi connectivity index (χ0) is 15.9. The first-order valence-electron chi connectivity index (χ1n) is 8.50. The molecule has 118 valence electrons. The maximum absolute atomic E-state index is 4.13. The van der Waals surface area contributed by atoms with Crippen molar-refractivity contribution in [3.63, 3.8) is 0 Å². The minimum atomic E-state index is 0.574. The number of rotatable bonds is 3. The number of hydrogen-bond acceptors (Lipinski definition) is 1. The van der Waals surface area contributed by atoms with Gasteiger partial charge in [-0.25, -0.2) is 0 Å². The second kappa shape index (κ2) is 8.03. The molecule has 2 rings (SSSR count). The van der Waals surface area contributed by atoms with Gasteiger partial charge in [0.2, 0.25) is 0 Å². The predicted octanol–water partition coefficient (Wildman–Crippen LogP) is 6.49. The number of benzene rings is 1. The Morgan fingerprint density at radius 3 is 2.64 bits per heavy atom. The quantitative estimate of drug-likeness (QED) is 0.672. The van der Waals surface area contributed by atoms with Gasteiger partial charge in [0.15, 0.2) is 0 Å². The third kappa shape index (κ3) is 4.91. The minimum Gasteiger partial charge on any atom is -0.356 e. The van der Waals surface area contributed by atoms with E-state index in [-0.39, 0.29) is 0 Å². The summed E-state index contributed by atoms with van der Waals surface area (Å²) in [6.45, 7) is 10.8. The summed E-state index contributed by atoms with van der Waals surface area (Å²) >= 11 is 0. The average Bonchev–Trinajstić information content (AvgIpc) is 2.47. The van der Waals surface area contributed by atoms with E-state index in [9.17, 15) is 0 Å². The normalized spacial score (nSPS) is 20.4. The van der Waals surface area contributed by atoms with Crippen LogP contribution in [0.4, 0.5) is 5.69 Å². The van der Waals surface area contributed by atoms with E-state index < -0.39 is 0 Å². The smallest absolute Gasteiger partial charge is 0.0386 e. The van der Waals surface area contributed by atoms with Crippen LogP contribution in [-0.2, 0) is 0 Å². The Labute approximate surface area is 135 Å². The standard InChI is InChI=1S/C21H29N/c1-16(2)21-14-13-20(15-18(21)4)22-19-10-8-6-5-7-9-17(3)11-12-19/h10-16,22H,3,5-9H2,1-2,4H3/b12-11-,19-10+. The summed E-state index contributed by atoms with van der Waals surface area (Å²) in [7, 11) is 0. The molecule has 1 heteroatoms. The monoisotopic (exact) mass is 295 g/mol. The van der Waals surface area contributed by atoms with E-state index in [1.54, 1.807) is 0 Å². The van der Waals surface area contributed by atoms with Gasteiger partial charge in [-0.1, -0.05) is 50.6 Å². The first kappa shape index (κ1) is 16.6. The Morgan fingerprint density at radius 1 is 1.09 bits per heavy atom. The van der Waals surface area contributed by atoms with E-state index in [0.29, 0.717) is 5.92 Å². The van der Waals surface area contributed by atoms with Crippen molar-refractivity contribution in [1.82, 2.24) is 0 Å². The van der Waals surface area contributed by atoms with Gasteiger partial charge in [0.05, 0.1) is 0 Å². The van der Waals surface area contributed by atoms with Crippen LogP contribution < -0.4 is 5.32 Å². The zero-order valence-electron chi connectivity index (χ0n) is 14.3. The molecule has 1 aromatic rings. The van der Waals surface area contributed by atoms with Crippen LogP contribution >= 0.6 is 0 Å². The van der Waals surface area contributed by atoms with Gasteiger partial charge in [0.1, 0.15) is 0 Å².